The summed E-state index contributed by atoms with van der Waals surface area (Å²) in [4.78, 5) is 32.0. The van der Waals surface area contributed by atoms with Crippen molar-refractivity contribution in [1.82, 2.24) is 15.2 Å². The number of fused-ring (bicyclic) bond motifs is 1. The number of aromatic nitrogens is 1. The Morgan fingerprint density at radius 1 is 1.10 bits per heavy atom. The molecule has 0 aliphatic carbocycles. The van der Waals surface area contributed by atoms with Gasteiger partial charge in [0.25, 0.3) is 5.91 Å². The molecule has 2 heterocycles. The first-order valence-corrected chi connectivity index (χ1v) is 10.3. The Labute approximate surface area is 175 Å². The second kappa shape index (κ2) is 9.05. The minimum Gasteiger partial charge on any atom is -0.395 e. The summed E-state index contributed by atoms with van der Waals surface area (Å²) in [5, 5.41) is 12.5. The van der Waals surface area contributed by atoms with Crippen LogP contribution in [0.25, 0.3) is 10.9 Å². The van der Waals surface area contributed by atoms with Gasteiger partial charge in [-0.2, -0.15) is 0 Å². The first-order valence-electron chi connectivity index (χ1n) is 10.3. The number of aliphatic hydroxyl groups is 1. The van der Waals surface area contributed by atoms with Crippen LogP contribution in [-0.4, -0.2) is 53.0 Å². The number of benzene rings is 2. The zero-order valence-corrected chi connectivity index (χ0v) is 16.8. The summed E-state index contributed by atoms with van der Waals surface area (Å²) in [7, 11) is 0. The smallest absolute Gasteiger partial charge is 0.252 e. The standard InChI is InChI=1S/C24H25N3O3/c28-13-11-25-24(30)20-15-22(26-21-9-5-4-8-19(20)21)18-10-12-27(16-18)23(29)14-17-6-2-1-3-7-17/h1-9,15,18,28H,10-14,16H2,(H,25,30). The lowest BCUT2D eigenvalue weighted by molar-refractivity contribution is -0.129. The molecular weight excluding hydrogens is 378 g/mol. The summed E-state index contributed by atoms with van der Waals surface area (Å²) < 4.78 is 0. The lowest BCUT2D eigenvalue weighted by atomic mass is 9.99. The number of aliphatic hydroxyl groups excluding tert-OH is 1. The second-order valence-electron chi connectivity index (χ2n) is 7.58. The maximum atomic E-state index is 12.7. The number of rotatable bonds is 6. The second-order valence-corrected chi connectivity index (χ2v) is 7.58. The van der Waals surface area contributed by atoms with Crippen molar-refractivity contribution in [2.24, 2.45) is 0 Å². The molecule has 1 atom stereocenters. The van der Waals surface area contributed by atoms with Gasteiger partial charge >= 0.3 is 0 Å². The van der Waals surface area contributed by atoms with Crippen molar-refractivity contribution in [3.05, 3.63) is 77.5 Å². The molecule has 1 aliphatic heterocycles. The zero-order valence-electron chi connectivity index (χ0n) is 16.8. The van der Waals surface area contributed by atoms with Crippen LogP contribution in [0.2, 0.25) is 0 Å². The summed E-state index contributed by atoms with van der Waals surface area (Å²) in [6, 6.07) is 19.2. The van der Waals surface area contributed by atoms with E-state index in [0.717, 1.165) is 28.6 Å². The predicted octanol–water partition coefficient (Wildman–Crippen LogP) is 2.52. The van der Waals surface area contributed by atoms with E-state index in [9.17, 15) is 9.59 Å². The van der Waals surface area contributed by atoms with Crippen LogP contribution < -0.4 is 5.32 Å². The number of nitrogens with zero attached hydrogens (tertiary/aromatic N) is 2. The molecule has 2 aromatic carbocycles. The minimum atomic E-state index is -0.223. The van der Waals surface area contributed by atoms with Gasteiger partial charge in [0.05, 0.1) is 24.1 Å². The van der Waals surface area contributed by atoms with Gasteiger partial charge in [-0.25, -0.2) is 0 Å². The van der Waals surface area contributed by atoms with E-state index in [0.29, 0.717) is 25.1 Å². The SMILES string of the molecule is O=C(NCCO)c1cc(C2CCN(C(=O)Cc3ccccc3)C2)nc2ccccc12. The third-order valence-electron chi connectivity index (χ3n) is 5.54. The number of hydrogen-bond acceptors (Lipinski definition) is 4. The zero-order chi connectivity index (χ0) is 20.9. The summed E-state index contributed by atoms with van der Waals surface area (Å²) in [5.74, 6) is -0.0111. The van der Waals surface area contributed by atoms with Crippen molar-refractivity contribution in [1.29, 1.82) is 0 Å². The highest BCUT2D eigenvalue weighted by molar-refractivity contribution is 6.06. The number of amides is 2. The van der Waals surface area contributed by atoms with E-state index >= 15 is 0 Å². The molecule has 154 valence electrons. The van der Waals surface area contributed by atoms with Gasteiger partial charge in [0.15, 0.2) is 0 Å². The molecule has 4 rings (SSSR count). The van der Waals surface area contributed by atoms with E-state index in [1.54, 1.807) is 0 Å². The molecule has 0 radical (unpaired) electrons. The molecule has 6 heteroatoms. The summed E-state index contributed by atoms with van der Waals surface area (Å²) in [5.41, 5.74) is 3.16. The number of nitrogens with one attached hydrogen (secondary N) is 1. The monoisotopic (exact) mass is 403 g/mol. The number of likely N-dealkylation sites (tertiary alicyclic amines) is 1. The van der Waals surface area contributed by atoms with Crippen molar-refractivity contribution in [3.63, 3.8) is 0 Å². The fourth-order valence-electron chi connectivity index (χ4n) is 3.97. The van der Waals surface area contributed by atoms with Gasteiger partial charge in [0.1, 0.15) is 0 Å². The number of carbonyl (C=O) groups excluding carboxylic acids is 2. The minimum absolute atomic E-state index is 0.0960. The van der Waals surface area contributed by atoms with Crippen LogP contribution in [0.4, 0.5) is 0 Å². The maximum absolute atomic E-state index is 12.7. The first-order chi connectivity index (χ1) is 14.7. The van der Waals surface area contributed by atoms with Crippen molar-refractivity contribution < 1.29 is 14.7 Å². The van der Waals surface area contributed by atoms with Crippen molar-refractivity contribution >= 4 is 22.7 Å². The van der Waals surface area contributed by atoms with Gasteiger partial charge in [0.2, 0.25) is 5.91 Å². The number of hydrogen-bond donors (Lipinski definition) is 2. The molecule has 3 aromatic rings. The highest BCUT2D eigenvalue weighted by Gasteiger charge is 2.29. The van der Waals surface area contributed by atoms with Gasteiger partial charge in [-0.3, -0.25) is 14.6 Å². The first kappa shape index (κ1) is 20.0. The highest BCUT2D eigenvalue weighted by atomic mass is 16.3. The normalized spacial score (nSPS) is 16.0. The Morgan fingerprint density at radius 2 is 1.87 bits per heavy atom. The van der Waals surface area contributed by atoms with Crippen LogP contribution in [-0.2, 0) is 11.2 Å². The van der Waals surface area contributed by atoms with Gasteiger partial charge in [-0.1, -0.05) is 48.5 Å². The van der Waals surface area contributed by atoms with Crippen molar-refractivity contribution in [2.45, 2.75) is 18.8 Å². The molecular formula is C24H25N3O3. The third-order valence-corrected chi connectivity index (χ3v) is 5.54. The Hall–Kier alpha value is -3.25. The van der Waals surface area contributed by atoms with Gasteiger partial charge in [-0.05, 0) is 24.1 Å². The van der Waals surface area contributed by atoms with E-state index in [-0.39, 0.29) is 30.9 Å². The van der Waals surface area contributed by atoms with Crippen LogP contribution in [0.3, 0.4) is 0 Å². The van der Waals surface area contributed by atoms with Crippen LogP contribution in [0.1, 0.15) is 34.0 Å². The van der Waals surface area contributed by atoms with Crippen LogP contribution in [0, 0.1) is 0 Å². The molecule has 0 saturated carbocycles. The summed E-state index contributed by atoms with van der Waals surface area (Å²) in [6.45, 7) is 1.39. The fourth-order valence-corrected chi connectivity index (χ4v) is 3.97. The molecule has 30 heavy (non-hydrogen) atoms. The van der Waals surface area contributed by atoms with Crippen molar-refractivity contribution in [2.75, 3.05) is 26.2 Å². The van der Waals surface area contributed by atoms with E-state index in [1.165, 1.54) is 0 Å². The number of pyridine rings is 1. The molecule has 0 spiro atoms. The Balaban J connectivity index is 1.54. The van der Waals surface area contributed by atoms with Crippen LogP contribution in [0.5, 0.6) is 0 Å². The molecule has 0 bridgehead atoms. The van der Waals surface area contributed by atoms with E-state index in [2.05, 4.69) is 5.32 Å². The lowest BCUT2D eigenvalue weighted by Gasteiger charge is -2.17. The topological polar surface area (TPSA) is 82.5 Å². The van der Waals surface area contributed by atoms with Crippen LogP contribution in [0.15, 0.2) is 60.7 Å². The van der Waals surface area contributed by atoms with Crippen LogP contribution >= 0.6 is 0 Å². The molecule has 1 aliphatic rings. The molecule has 1 fully saturated rings. The summed E-state index contributed by atoms with van der Waals surface area (Å²) >= 11 is 0. The highest BCUT2D eigenvalue weighted by Crippen LogP contribution is 2.29. The Kier molecular flexibility index (Phi) is 6.05. The van der Waals surface area contributed by atoms with Crippen molar-refractivity contribution in [3.8, 4) is 0 Å². The quantitative estimate of drug-likeness (QED) is 0.663. The van der Waals surface area contributed by atoms with Gasteiger partial charge in [0, 0.05) is 36.6 Å². The van der Waals surface area contributed by atoms with E-state index < -0.39 is 0 Å². The van der Waals surface area contributed by atoms with Gasteiger partial charge in [-0.15, -0.1) is 0 Å². The molecule has 1 saturated heterocycles. The summed E-state index contributed by atoms with van der Waals surface area (Å²) in [6.07, 6.45) is 1.22. The average molecular weight is 403 g/mol. The largest absolute Gasteiger partial charge is 0.395 e. The average Bonchev–Trinajstić information content (AvgIpc) is 3.28. The van der Waals surface area contributed by atoms with E-state index in [1.807, 2.05) is 65.6 Å². The Morgan fingerprint density at radius 3 is 2.67 bits per heavy atom. The molecule has 1 aromatic heterocycles. The fraction of sp³-hybridized carbons (Fsp3) is 0.292. The predicted molar refractivity (Wildman–Crippen MR) is 115 cm³/mol. The van der Waals surface area contributed by atoms with Gasteiger partial charge < -0.3 is 15.3 Å². The van der Waals surface area contributed by atoms with E-state index in [4.69, 9.17) is 10.1 Å². The lowest BCUT2D eigenvalue weighted by Crippen LogP contribution is -2.30. The number of para-hydroxylation sites is 1. The number of carbonyl (C=O) groups is 2. The maximum Gasteiger partial charge on any atom is 0.252 e. The Bertz CT molecular complexity index is 1050. The molecule has 1 unspecified atom stereocenters. The molecule has 6 nitrogen and oxygen atoms in total. The third kappa shape index (κ3) is 4.33. The molecule has 2 amide bonds. The molecule has 2 N–H and O–H groups in total.